The van der Waals surface area contributed by atoms with Crippen LogP contribution in [0.4, 0.5) is 10.5 Å². The van der Waals surface area contributed by atoms with Gasteiger partial charge in [0.25, 0.3) is 0 Å². The number of likely N-dealkylation sites (tertiary alicyclic amines) is 1. The molecule has 0 bridgehead atoms. The molecule has 1 aliphatic heterocycles. The molecule has 1 saturated heterocycles. The molecule has 1 heterocycles. The minimum absolute atomic E-state index is 0.0310. The normalized spacial score (nSPS) is 18.4. The molecule has 0 radical (unpaired) electrons. The summed E-state index contributed by atoms with van der Waals surface area (Å²) in [6, 6.07) is 7.33. The van der Waals surface area contributed by atoms with Crippen molar-refractivity contribution < 1.29 is 9.59 Å². The first-order valence-electron chi connectivity index (χ1n) is 6.80. The predicted molar refractivity (Wildman–Crippen MR) is 75.5 cm³/mol. The highest BCUT2D eigenvalue weighted by atomic mass is 16.2. The van der Waals surface area contributed by atoms with Gasteiger partial charge in [0, 0.05) is 23.8 Å². The van der Waals surface area contributed by atoms with Crippen LogP contribution in [-0.4, -0.2) is 29.3 Å². The van der Waals surface area contributed by atoms with Crippen LogP contribution in [0.1, 0.15) is 43.5 Å². The summed E-state index contributed by atoms with van der Waals surface area (Å²) < 4.78 is 0. The molecule has 1 aromatic rings. The standard InChI is InChI=1S/C15H20N2O2/c1-3-14-5-4-10-17(14)15(19)16-13-8-6-12(7-9-13)11(2)18/h6-9,14H,3-5,10H2,1-2H3,(H,16,19). The average Bonchev–Trinajstić information content (AvgIpc) is 2.87. The van der Waals surface area contributed by atoms with Crippen LogP contribution in [-0.2, 0) is 0 Å². The van der Waals surface area contributed by atoms with E-state index in [-0.39, 0.29) is 11.8 Å². The minimum atomic E-state index is -0.0417. The smallest absolute Gasteiger partial charge is 0.322 e. The molecule has 0 aromatic heterocycles. The van der Waals surface area contributed by atoms with Crippen LogP contribution in [0.15, 0.2) is 24.3 Å². The summed E-state index contributed by atoms with van der Waals surface area (Å²) in [5.41, 5.74) is 1.39. The zero-order chi connectivity index (χ0) is 13.8. The molecule has 0 aliphatic carbocycles. The first-order chi connectivity index (χ1) is 9.11. The number of nitrogens with zero attached hydrogens (tertiary/aromatic N) is 1. The molecule has 19 heavy (non-hydrogen) atoms. The van der Waals surface area contributed by atoms with Crippen LogP contribution >= 0.6 is 0 Å². The SMILES string of the molecule is CCC1CCCN1C(=O)Nc1ccc(C(C)=O)cc1. The van der Waals surface area contributed by atoms with Crippen LogP contribution in [0.3, 0.4) is 0 Å². The lowest BCUT2D eigenvalue weighted by Gasteiger charge is -2.23. The first-order valence-corrected chi connectivity index (χ1v) is 6.80. The molecule has 0 saturated carbocycles. The topological polar surface area (TPSA) is 49.4 Å². The van der Waals surface area contributed by atoms with E-state index in [0.717, 1.165) is 31.5 Å². The second-order valence-electron chi connectivity index (χ2n) is 4.96. The maximum Gasteiger partial charge on any atom is 0.322 e. The van der Waals surface area contributed by atoms with Gasteiger partial charge in [0.05, 0.1) is 0 Å². The molecule has 1 unspecified atom stereocenters. The van der Waals surface area contributed by atoms with Crippen molar-refractivity contribution in [2.75, 3.05) is 11.9 Å². The molecule has 4 heteroatoms. The van der Waals surface area contributed by atoms with Gasteiger partial charge in [-0.25, -0.2) is 4.79 Å². The van der Waals surface area contributed by atoms with Crippen molar-refractivity contribution in [2.24, 2.45) is 0 Å². The molecule has 4 nitrogen and oxygen atoms in total. The molecule has 1 atom stereocenters. The van der Waals surface area contributed by atoms with E-state index in [2.05, 4.69) is 12.2 Å². The Morgan fingerprint density at radius 2 is 2.00 bits per heavy atom. The number of hydrogen-bond donors (Lipinski definition) is 1. The maximum absolute atomic E-state index is 12.2. The number of amides is 2. The first kappa shape index (κ1) is 13.6. The third-order valence-electron chi connectivity index (χ3n) is 3.65. The molecular formula is C15H20N2O2. The third-order valence-corrected chi connectivity index (χ3v) is 3.65. The zero-order valence-electron chi connectivity index (χ0n) is 11.5. The van der Waals surface area contributed by atoms with E-state index >= 15 is 0 Å². The van der Waals surface area contributed by atoms with Crippen molar-refractivity contribution in [3.05, 3.63) is 29.8 Å². The summed E-state index contributed by atoms with van der Waals surface area (Å²) in [4.78, 5) is 25.2. The predicted octanol–water partition coefficient (Wildman–Crippen LogP) is 3.30. The molecule has 1 fully saturated rings. The van der Waals surface area contributed by atoms with Gasteiger partial charge in [0.2, 0.25) is 0 Å². The Labute approximate surface area is 113 Å². The Hall–Kier alpha value is -1.84. The maximum atomic E-state index is 12.2. The van der Waals surface area contributed by atoms with Gasteiger partial charge >= 0.3 is 6.03 Å². The largest absolute Gasteiger partial charge is 0.322 e. The Balaban J connectivity index is 2.00. The number of rotatable bonds is 3. The van der Waals surface area contributed by atoms with Crippen molar-refractivity contribution in [2.45, 2.75) is 39.2 Å². The van der Waals surface area contributed by atoms with Crippen LogP contribution in [0.5, 0.6) is 0 Å². The van der Waals surface area contributed by atoms with Crippen molar-refractivity contribution in [1.29, 1.82) is 0 Å². The number of hydrogen-bond acceptors (Lipinski definition) is 2. The van der Waals surface area contributed by atoms with Gasteiger partial charge in [-0.2, -0.15) is 0 Å². The highest BCUT2D eigenvalue weighted by molar-refractivity contribution is 5.95. The lowest BCUT2D eigenvalue weighted by molar-refractivity contribution is 0.101. The van der Waals surface area contributed by atoms with Gasteiger partial charge in [0.1, 0.15) is 0 Å². The minimum Gasteiger partial charge on any atom is -0.322 e. The van der Waals surface area contributed by atoms with Gasteiger partial charge in [-0.3, -0.25) is 4.79 Å². The second kappa shape index (κ2) is 5.87. The molecule has 1 N–H and O–H groups in total. The molecule has 0 spiro atoms. The van der Waals surface area contributed by atoms with E-state index in [4.69, 9.17) is 0 Å². The highest BCUT2D eigenvalue weighted by Gasteiger charge is 2.27. The number of ketones is 1. The highest BCUT2D eigenvalue weighted by Crippen LogP contribution is 2.21. The Bertz CT molecular complexity index is 468. The number of carbonyl (C=O) groups is 2. The summed E-state index contributed by atoms with van der Waals surface area (Å²) in [5.74, 6) is 0.0310. The third kappa shape index (κ3) is 3.13. The molecule has 102 valence electrons. The van der Waals surface area contributed by atoms with Gasteiger partial charge in [-0.05, 0) is 50.5 Å². The summed E-state index contributed by atoms with van der Waals surface area (Å²) in [6.07, 6.45) is 3.17. The summed E-state index contributed by atoms with van der Waals surface area (Å²) in [7, 11) is 0. The lowest BCUT2D eigenvalue weighted by Crippen LogP contribution is -2.38. The average molecular weight is 260 g/mol. The fourth-order valence-corrected chi connectivity index (χ4v) is 2.51. The van der Waals surface area contributed by atoms with Crippen LogP contribution in [0.2, 0.25) is 0 Å². The second-order valence-corrected chi connectivity index (χ2v) is 4.96. The molecule has 1 aliphatic rings. The van der Waals surface area contributed by atoms with Crippen LogP contribution < -0.4 is 5.32 Å². The van der Waals surface area contributed by atoms with E-state index in [1.54, 1.807) is 24.3 Å². The van der Waals surface area contributed by atoms with Gasteiger partial charge in [0.15, 0.2) is 5.78 Å². The lowest BCUT2D eigenvalue weighted by atomic mass is 10.1. The fraction of sp³-hybridized carbons (Fsp3) is 0.467. The van der Waals surface area contributed by atoms with Crippen LogP contribution in [0.25, 0.3) is 0 Å². The molecule has 1 aromatic carbocycles. The quantitative estimate of drug-likeness (QED) is 0.848. The van der Waals surface area contributed by atoms with E-state index < -0.39 is 0 Å². The molecule has 2 amide bonds. The van der Waals surface area contributed by atoms with Crippen LogP contribution in [0, 0.1) is 0 Å². The van der Waals surface area contributed by atoms with Gasteiger partial charge < -0.3 is 10.2 Å². The van der Waals surface area contributed by atoms with E-state index in [0.29, 0.717) is 11.6 Å². The van der Waals surface area contributed by atoms with Crippen molar-refractivity contribution >= 4 is 17.5 Å². The van der Waals surface area contributed by atoms with Crippen molar-refractivity contribution in [1.82, 2.24) is 4.90 Å². The van der Waals surface area contributed by atoms with E-state index in [1.165, 1.54) is 6.92 Å². The van der Waals surface area contributed by atoms with Gasteiger partial charge in [-0.1, -0.05) is 6.92 Å². The van der Waals surface area contributed by atoms with Crippen molar-refractivity contribution in [3.8, 4) is 0 Å². The fourth-order valence-electron chi connectivity index (χ4n) is 2.51. The Morgan fingerprint density at radius 1 is 1.32 bits per heavy atom. The van der Waals surface area contributed by atoms with Crippen molar-refractivity contribution in [3.63, 3.8) is 0 Å². The number of anilines is 1. The summed E-state index contributed by atoms with van der Waals surface area (Å²) >= 11 is 0. The molecular weight excluding hydrogens is 240 g/mol. The number of carbonyl (C=O) groups excluding carboxylic acids is 2. The van der Waals surface area contributed by atoms with E-state index in [9.17, 15) is 9.59 Å². The van der Waals surface area contributed by atoms with Gasteiger partial charge in [-0.15, -0.1) is 0 Å². The number of urea groups is 1. The number of benzene rings is 1. The zero-order valence-corrected chi connectivity index (χ0v) is 11.5. The number of Topliss-reactive ketones (excluding diaryl/α,β-unsaturated/α-hetero) is 1. The summed E-state index contributed by atoms with van der Waals surface area (Å²) in [5, 5.41) is 2.89. The Morgan fingerprint density at radius 3 is 2.58 bits per heavy atom. The number of nitrogens with one attached hydrogen (secondary N) is 1. The Kier molecular flexibility index (Phi) is 4.20. The summed E-state index contributed by atoms with van der Waals surface area (Å²) in [6.45, 7) is 4.47. The monoisotopic (exact) mass is 260 g/mol. The molecule has 2 rings (SSSR count). The van der Waals surface area contributed by atoms with E-state index in [1.807, 2.05) is 4.90 Å².